The first-order chi connectivity index (χ1) is 34.0. The molecule has 0 fully saturated rings. The van der Waals surface area contributed by atoms with Crippen molar-refractivity contribution in [1.82, 2.24) is 0 Å². The zero-order chi connectivity index (χ0) is 50.0. The Bertz CT molecular complexity index is 1420. The fraction of sp³-hybridized carbons (Fsp3) is 0.667. The first-order valence-electron chi connectivity index (χ1n) is 28.4. The molecule has 69 heavy (non-hydrogen) atoms. The summed E-state index contributed by atoms with van der Waals surface area (Å²) >= 11 is 0. The van der Waals surface area contributed by atoms with Crippen molar-refractivity contribution in [3.8, 4) is 0 Å². The monoisotopic (exact) mass is 957 g/mol. The van der Waals surface area contributed by atoms with Crippen LogP contribution in [-0.4, -0.2) is 37.2 Å². The molecule has 0 bridgehead atoms. The van der Waals surface area contributed by atoms with Crippen LogP contribution in [0.2, 0.25) is 0 Å². The fourth-order valence-electron chi connectivity index (χ4n) is 7.55. The van der Waals surface area contributed by atoms with E-state index in [0.717, 1.165) is 122 Å². The Morgan fingerprint density at radius 2 is 0.565 bits per heavy atom. The summed E-state index contributed by atoms with van der Waals surface area (Å²) in [5, 5.41) is 0. The zero-order valence-electron chi connectivity index (χ0n) is 44.8. The van der Waals surface area contributed by atoms with Crippen LogP contribution in [0.5, 0.6) is 0 Å². The van der Waals surface area contributed by atoms with Gasteiger partial charge in [0.2, 0.25) is 0 Å². The summed E-state index contributed by atoms with van der Waals surface area (Å²) in [6, 6.07) is 0. The summed E-state index contributed by atoms with van der Waals surface area (Å²) in [5.41, 5.74) is 0. The lowest BCUT2D eigenvalue weighted by Crippen LogP contribution is -2.30. The van der Waals surface area contributed by atoms with Crippen molar-refractivity contribution in [1.29, 1.82) is 0 Å². The normalized spacial score (nSPS) is 12.9. The van der Waals surface area contributed by atoms with E-state index in [9.17, 15) is 14.4 Å². The number of carbonyl (C=O) groups is 3. The molecule has 6 heteroatoms. The molecule has 1 atom stereocenters. The first kappa shape index (κ1) is 65.1. The minimum atomic E-state index is -0.787. The number of hydrogen-bond donors (Lipinski definition) is 0. The summed E-state index contributed by atoms with van der Waals surface area (Å²) in [4.78, 5) is 37.9. The highest BCUT2D eigenvalue weighted by Crippen LogP contribution is 2.14. The molecule has 0 aromatic rings. The molecule has 0 aromatic carbocycles. The summed E-state index contributed by atoms with van der Waals surface area (Å²) < 4.78 is 16.7. The molecular formula is C63H104O6. The van der Waals surface area contributed by atoms with E-state index < -0.39 is 6.10 Å². The molecule has 0 N–H and O–H groups in total. The lowest BCUT2D eigenvalue weighted by atomic mass is 10.1. The van der Waals surface area contributed by atoms with E-state index in [2.05, 4.69) is 130 Å². The van der Waals surface area contributed by atoms with Crippen LogP contribution in [0.3, 0.4) is 0 Å². The Morgan fingerprint density at radius 1 is 0.304 bits per heavy atom. The van der Waals surface area contributed by atoms with Gasteiger partial charge in [-0.25, -0.2) is 0 Å². The van der Waals surface area contributed by atoms with Crippen molar-refractivity contribution in [2.75, 3.05) is 13.2 Å². The second-order valence-electron chi connectivity index (χ2n) is 18.5. The van der Waals surface area contributed by atoms with E-state index >= 15 is 0 Å². The van der Waals surface area contributed by atoms with Gasteiger partial charge in [-0.1, -0.05) is 252 Å². The maximum atomic E-state index is 12.8. The maximum Gasteiger partial charge on any atom is 0.306 e. The van der Waals surface area contributed by atoms with Crippen molar-refractivity contribution < 1.29 is 28.6 Å². The maximum absolute atomic E-state index is 12.8. The Kier molecular flexibility index (Phi) is 53.4. The van der Waals surface area contributed by atoms with Crippen LogP contribution in [0.15, 0.2) is 109 Å². The van der Waals surface area contributed by atoms with Crippen LogP contribution in [0.4, 0.5) is 0 Å². The third kappa shape index (κ3) is 54.9. The molecule has 6 nitrogen and oxygen atoms in total. The van der Waals surface area contributed by atoms with Crippen molar-refractivity contribution in [3.05, 3.63) is 109 Å². The quantitative estimate of drug-likeness (QED) is 0.0262. The zero-order valence-corrected chi connectivity index (χ0v) is 44.8. The van der Waals surface area contributed by atoms with E-state index in [1.807, 2.05) is 0 Å². The summed E-state index contributed by atoms with van der Waals surface area (Å²) in [6.07, 6.45) is 76.7. The molecule has 0 saturated heterocycles. The van der Waals surface area contributed by atoms with Crippen LogP contribution >= 0.6 is 0 Å². The van der Waals surface area contributed by atoms with Crippen LogP contribution < -0.4 is 0 Å². The summed E-state index contributed by atoms with van der Waals surface area (Å²) in [5.74, 6) is -0.925. The molecular weight excluding hydrogens is 853 g/mol. The van der Waals surface area contributed by atoms with Crippen LogP contribution in [0, 0.1) is 0 Å². The van der Waals surface area contributed by atoms with Gasteiger partial charge in [0, 0.05) is 19.3 Å². The lowest BCUT2D eigenvalue weighted by Gasteiger charge is -2.18. The predicted molar refractivity (Wildman–Crippen MR) is 297 cm³/mol. The van der Waals surface area contributed by atoms with Gasteiger partial charge < -0.3 is 14.2 Å². The molecule has 0 aliphatic carbocycles. The number of rotatable bonds is 50. The highest BCUT2D eigenvalue weighted by Gasteiger charge is 2.19. The van der Waals surface area contributed by atoms with E-state index in [0.29, 0.717) is 19.3 Å². The smallest absolute Gasteiger partial charge is 0.306 e. The Hall–Kier alpha value is -3.93. The SMILES string of the molecule is CC/C=C\C/C=C\C/C=C\C/C=C\C/C=C\C/C=C\C/C=C\C/C=C\C/C=C\CCCCCC(=O)OCC(COC(=O)CCCCCCCCCCC)OC(=O)CCCCCCCCCCCCC. The number of esters is 3. The van der Waals surface area contributed by atoms with Crippen molar-refractivity contribution in [2.24, 2.45) is 0 Å². The van der Waals surface area contributed by atoms with Gasteiger partial charge in [0.25, 0.3) is 0 Å². The topological polar surface area (TPSA) is 78.9 Å². The number of unbranched alkanes of at least 4 members (excludes halogenated alkanes) is 21. The molecule has 392 valence electrons. The second-order valence-corrected chi connectivity index (χ2v) is 18.5. The van der Waals surface area contributed by atoms with E-state index in [4.69, 9.17) is 14.2 Å². The molecule has 0 rings (SSSR count). The average molecular weight is 958 g/mol. The van der Waals surface area contributed by atoms with Crippen molar-refractivity contribution >= 4 is 17.9 Å². The summed E-state index contributed by atoms with van der Waals surface area (Å²) in [7, 11) is 0. The molecule has 0 aromatic heterocycles. The molecule has 0 amide bonds. The van der Waals surface area contributed by atoms with Gasteiger partial charge in [0.05, 0.1) is 0 Å². The third-order valence-electron chi connectivity index (χ3n) is 11.8. The number of allylic oxidation sites excluding steroid dienone is 18. The minimum Gasteiger partial charge on any atom is -0.462 e. The van der Waals surface area contributed by atoms with Gasteiger partial charge in [0.15, 0.2) is 6.10 Å². The molecule has 0 spiro atoms. The second kappa shape index (κ2) is 56.7. The summed E-state index contributed by atoms with van der Waals surface area (Å²) in [6.45, 7) is 6.46. The van der Waals surface area contributed by atoms with Gasteiger partial charge in [-0.2, -0.15) is 0 Å². The molecule has 0 saturated carbocycles. The Morgan fingerprint density at radius 3 is 0.884 bits per heavy atom. The van der Waals surface area contributed by atoms with Gasteiger partial charge in [-0.3, -0.25) is 14.4 Å². The Balaban J connectivity index is 4.25. The van der Waals surface area contributed by atoms with E-state index in [1.54, 1.807) is 0 Å². The van der Waals surface area contributed by atoms with Gasteiger partial charge in [0.1, 0.15) is 13.2 Å². The third-order valence-corrected chi connectivity index (χ3v) is 11.8. The highest BCUT2D eigenvalue weighted by molar-refractivity contribution is 5.71. The molecule has 0 aliphatic rings. The molecule has 0 radical (unpaired) electrons. The Labute approximate surface area is 425 Å². The van der Waals surface area contributed by atoms with Gasteiger partial charge in [-0.15, -0.1) is 0 Å². The van der Waals surface area contributed by atoms with Gasteiger partial charge >= 0.3 is 17.9 Å². The first-order valence-corrected chi connectivity index (χ1v) is 28.4. The molecule has 0 heterocycles. The highest BCUT2D eigenvalue weighted by atomic mass is 16.6. The fourth-order valence-corrected chi connectivity index (χ4v) is 7.55. The largest absolute Gasteiger partial charge is 0.462 e. The van der Waals surface area contributed by atoms with Crippen molar-refractivity contribution in [2.45, 2.75) is 258 Å². The minimum absolute atomic E-state index is 0.0865. The number of ether oxygens (including phenoxy) is 3. The average Bonchev–Trinajstić information content (AvgIpc) is 3.35. The lowest BCUT2D eigenvalue weighted by molar-refractivity contribution is -0.167. The molecule has 1 unspecified atom stereocenters. The predicted octanol–water partition coefficient (Wildman–Crippen LogP) is 19.1. The van der Waals surface area contributed by atoms with Crippen molar-refractivity contribution in [3.63, 3.8) is 0 Å². The van der Waals surface area contributed by atoms with E-state index in [1.165, 1.54) is 89.9 Å². The van der Waals surface area contributed by atoms with E-state index in [-0.39, 0.29) is 31.1 Å². The van der Waals surface area contributed by atoms with Crippen LogP contribution in [-0.2, 0) is 28.6 Å². The number of carbonyl (C=O) groups excluding carboxylic acids is 3. The van der Waals surface area contributed by atoms with Crippen LogP contribution in [0.1, 0.15) is 252 Å². The standard InChI is InChI=1S/C63H104O6/c1-4-7-10-13-16-19-21-22-23-24-25-26-27-28-29-30-31-32-33-34-35-36-37-38-39-40-42-44-47-50-53-56-62(65)68-59-60(58-67-61(64)55-52-49-46-43-18-15-12-9-6-3)69-63(66)57-54-51-48-45-41-20-17-14-11-8-5-2/h7,10,16,19,22-23,25-26,28-29,31-32,34-35,37-38,40,42,60H,4-6,8-9,11-15,17-18,20-21,24,27,30,33,36,39,41,43-59H2,1-3H3/b10-7-,19-16-,23-22-,26-25-,29-28-,32-31-,35-34-,38-37-,42-40-. The van der Waals surface area contributed by atoms with Gasteiger partial charge in [-0.05, 0) is 89.9 Å². The van der Waals surface area contributed by atoms with Crippen LogP contribution in [0.25, 0.3) is 0 Å². The molecule has 0 aliphatic heterocycles. The number of hydrogen-bond acceptors (Lipinski definition) is 6.